The lowest BCUT2D eigenvalue weighted by Gasteiger charge is -2.27. The molecule has 0 radical (unpaired) electrons. The number of ether oxygens (including phenoxy) is 1. The van der Waals surface area contributed by atoms with E-state index in [9.17, 15) is 9.90 Å². The normalized spacial score (nSPS) is 14.3. The van der Waals surface area contributed by atoms with Crippen molar-refractivity contribution < 1.29 is 14.6 Å². The quantitative estimate of drug-likeness (QED) is 0.683. The Kier molecular flexibility index (Phi) is 8.22. The standard InChI is InChI=1S/C19H32N2O3/c1-14(2)12-20-13-16(22)17(11-15-9-7-6-8-10-15)24-18(23)21-19(3,4)5/h6-10,14,16-17,20,22H,11-13H2,1-5H3,(H,21,23). The van der Waals surface area contributed by atoms with E-state index in [0.29, 0.717) is 18.9 Å². The van der Waals surface area contributed by atoms with Gasteiger partial charge in [0.05, 0.1) is 0 Å². The van der Waals surface area contributed by atoms with E-state index in [1.54, 1.807) is 0 Å². The van der Waals surface area contributed by atoms with Crippen LogP contribution in [0.25, 0.3) is 0 Å². The molecule has 1 aromatic carbocycles. The number of benzene rings is 1. The van der Waals surface area contributed by atoms with Crippen molar-refractivity contribution in [2.45, 2.75) is 58.8 Å². The first-order valence-electron chi connectivity index (χ1n) is 8.59. The molecule has 1 amide bonds. The Morgan fingerprint density at radius 3 is 2.33 bits per heavy atom. The van der Waals surface area contributed by atoms with Gasteiger partial charge in [-0.05, 0) is 38.8 Å². The van der Waals surface area contributed by atoms with Crippen LogP contribution in [-0.2, 0) is 11.2 Å². The van der Waals surface area contributed by atoms with E-state index in [2.05, 4.69) is 24.5 Å². The highest BCUT2D eigenvalue weighted by Crippen LogP contribution is 2.11. The maximum Gasteiger partial charge on any atom is 0.407 e. The number of carbonyl (C=O) groups excluding carboxylic acids is 1. The zero-order valence-corrected chi connectivity index (χ0v) is 15.5. The smallest absolute Gasteiger partial charge is 0.407 e. The van der Waals surface area contributed by atoms with Crippen LogP contribution in [-0.4, -0.2) is 42.0 Å². The second-order valence-corrected chi connectivity index (χ2v) is 7.63. The highest BCUT2D eigenvalue weighted by atomic mass is 16.6. The molecule has 5 nitrogen and oxygen atoms in total. The van der Waals surface area contributed by atoms with Crippen LogP contribution in [0.15, 0.2) is 30.3 Å². The maximum absolute atomic E-state index is 12.1. The fraction of sp³-hybridized carbons (Fsp3) is 0.632. The Morgan fingerprint density at radius 1 is 1.17 bits per heavy atom. The minimum Gasteiger partial charge on any atom is -0.443 e. The lowest BCUT2D eigenvalue weighted by atomic mass is 10.0. The summed E-state index contributed by atoms with van der Waals surface area (Å²) in [5.41, 5.74) is 0.642. The molecule has 0 aliphatic rings. The molecule has 0 bridgehead atoms. The largest absolute Gasteiger partial charge is 0.443 e. The molecule has 2 atom stereocenters. The molecular weight excluding hydrogens is 304 g/mol. The van der Waals surface area contributed by atoms with Crippen LogP contribution >= 0.6 is 0 Å². The summed E-state index contributed by atoms with van der Waals surface area (Å²) in [6, 6.07) is 9.74. The number of rotatable bonds is 8. The number of hydrogen-bond acceptors (Lipinski definition) is 4. The van der Waals surface area contributed by atoms with Crippen LogP contribution in [0.4, 0.5) is 4.79 Å². The molecular formula is C19H32N2O3. The molecule has 0 heterocycles. The molecule has 0 saturated carbocycles. The van der Waals surface area contributed by atoms with Gasteiger partial charge < -0.3 is 20.5 Å². The number of carbonyl (C=O) groups is 1. The molecule has 1 rings (SSSR count). The van der Waals surface area contributed by atoms with Gasteiger partial charge in [0.25, 0.3) is 0 Å². The van der Waals surface area contributed by atoms with Crippen LogP contribution < -0.4 is 10.6 Å². The summed E-state index contributed by atoms with van der Waals surface area (Å²) in [5, 5.41) is 16.4. The van der Waals surface area contributed by atoms with Gasteiger partial charge in [0.15, 0.2) is 0 Å². The average molecular weight is 336 g/mol. The molecule has 0 fully saturated rings. The van der Waals surface area contributed by atoms with Crippen molar-refractivity contribution in [2.24, 2.45) is 5.92 Å². The van der Waals surface area contributed by atoms with Crippen molar-refractivity contribution in [2.75, 3.05) is 13.1 Å². The third-order valence-corrected chi connectivity index (χ3v) is 3.35. The predicted octanol–water partition coefficient (Wildman–Crippen LogP) is 2.73. The van der Waals surface area contributed by atoms with Gasteiger partial charge in [0.1, 0.15) is 12.2 Å². The molecule has 136 valence electrons. The molecule has 5 heteroatoms. The third kappa shape index (κ3) is 8.89. The highest BCUT2D eigenvalue weighted by Gasteiger charge is 2.25. The first kappa shape index (κ1) is 20.5. The number of amides is 1. The van der Waals surface area contributed by atoms with Crippen molar-refractivity contribution >= 4 is 6.09 Å². The molecule has 0 saturated heterocycles. The molecule has 0 aliphatic carbocycles. The van der Waals surface area contributed by atoms with Gasteiger partial charge in [-0.15, -0.1) is 0 Å². The van der Waals surface area contributed by atoms with E-state index in [4.69, 9.17) is 4.74 Å². The zero-order valence-electron chi connectivity index (χ0n) is 15.5. The second kappa shape index (κ2) is 9.64. The summed E-state index contributed by atoms with van der Waals surface area (Å²) in [4.78, 5) is 12.1. The van der Waals surface area contributed by atoms with E-state index < -0.39 is 18.3 Å². The van der Waals surface area contributed by atoms with Gasteiger partial charge in [-0.25, -0.2) is 4.79 Å². The molecule has 24 heavy (non-hydrogen) atoms. The summed E-state index contributed by atoms with van der Waals surface area (Å²) >= 11 is 0. The minimum absolute atomic E-state index is 0.380. The molecule has 1 aromatic rings. The predicted molar refractivity (Wildman–Crippen MR) is 97.0 cm³/mol. The van der Waals surface area contributed by atoms with Gasteiger partial charge in [-0.1, -0.05) is 44.2 Å². The van der Waals surface area contributed by atoms with Gasteiger partial charge in [0.2, 0.25) is 0 Å². The van der Waals surface area contributed by atoms with E-state index in [1.165, 1.54) is 0 Å². The molecule has 0 spiro atoms. The number of aliphatic hydroxyl groups excluding tert-OH is 1. The zero-order chi connectivity index (χ0) is 18.2. The number of nitrogens with one attached hydrogen (secondary N) is 2. The van der Waals surface area contributed by atoms with Crippen LogP contribution in [0.3, 0.4) is 0 Å². The monoisotopic (exact) mass is 336 g/mol. The third-order valence-electron chi connectivity index (χ3n) is 3.35. The van der Waals surface area contributed by atoms with E-state index in [0.717, 1.165) is 12.1 Å². The maximum atomic E-state index is 12.1. The average Bonchev–Trinajstić information content (AvgIpc) is 2.45. The SMILES string of the molecule is CC(C)CNCC(O)C(Cc1ccccc1)OC(=O)NC(C)(C)C. The summed E-state index contributed by atoms with van der Waals surface area (Å²) in [7, 11) is 0. The van der Waals surface area contributed by atoms with Gasteiger partial charge in [-0.2, -0.15) is 0 Å². The van der Waals surface area contributed by atoms with Crippen LogP contribution in [0.5, 0.6) is 0 Å². The van der Waals surface area contributed by atoms with Gasteiger partial charge in [0, 0.05) is 18.5 Å². The van der Waals surface area contributed by atoms with E-state index in [1.807, 2.05) is 51.1 Å². The Morgan fingerprint density at radius 2 is 1.79 bits per heavy atom. The number of aliphatic hydroxyl groups is 1. The Bertz CT molecular complexity index is 483. The van der Waals surface area contributed by atoms with E-state index >= 15 is 0 Å². The fourth-order valence-corrected chi connectivity index (χ4v) is 2.23. The molecule has 0 aromatic heterocycles. The Hall–Kier alpha value is -1.59. The summed E-state index contributed by atoms with van der Waals surface area (Å²) < 4.78 is 5.51. The summed E-state index contributed by atoms with van der Waals surface area (Å²) in [6.07, 6.45) is -1.40. The fourth-order valence-electron chi connectivity index (χ4n) is 2.23. The lowest BCUT2D eigenvalue weighted by Crippen LogP contribution is -2.46. The van der Waals surface area contributed by atoms with Crippen molar-refractivity contribution in [3.05, 3.63) is 35.9 Å². The summed E-state index contributed by atoms with van der Waals surface area (Å²) in [6.45, 7) is 11.1. The van der Waals surface area contributed by atoms with Crippen molar-refractivity contribution in [3.63, 3.8) is 0 Å². The van der Waals surface area contributed by atoms with Crippen molar-refractivity contribution in [1.29, 1.82) is 0 Å². The van der Waals surface area contributed by atoms with Crippen molar-refractivity contribution in [3.8, 4) is 0 Å². The van der Waals surface area contributed by atoms with Crippen LogP contribution in [0.1, 0.15) is 40.2 Å². The Labute approximate surface area is 145 Å². The lowest BCUT2D eigenvalue weighted by molar-refractivity contribution is 0.00138. The van der Waals surface area contributed by atoms with Crippen LogP contribution in [0.2, 0.25) is 0 Å². The van der Waals surface area contributed by atoms with Gasteiger partial charge >= 0.3 is 6.09 Å². The topological polar surface area (TPSA) is 70.6 Å². The highest BCUT2D eigenvalue weighted by molar-refractivity contribution is 5.68. The second-order valence-electron chi connectivity index (χ2n) is 7.63. The first-order chi connectivity index (χ1) is 11.2. The molecule has 3 N–H and O–H groups in total. The van der Waals surface area contributed by atoms with E-state index in [-0.39, 0.29) is 5.54 Å². The summed E-state index contributed by atoms with van der Waals surface area (Å²) in [5.74, 6) is 0.495. The van der Waals surface area contributed by atoms with Crippen molar-refractivity contribution in [1.82, 2.24) is 10.6 Å². The molecule has 0 aliphatic heterocycles. The first-order valence-corrected chi connectivity index (χ1v) is 8.59. The Balaban J connectivity index is 2.69. The number of alkyl carbamates (subject to hydrolysis) is 1. The molecule has 2 unspecified atom stereocenters. The number of hydrogen-bond donors (Lipinski definition) is 3. The van der Waals surface area contributed by atoms with Crippen LogP contribution in [0, 0.1) is 5.92 Å². The van der Waals surface area contributed by atoms with Gasteiger partial charge in [-0.3, -0.25) is 0 Å². The minimum atomic E-state index is -0.769.